The molecule has 0 saturated heterocycles. The van der Waals surface area contributed by atoms with Crippen LogP contribution in [-0.4, -0.2) is 16.5 Å². The summed E-state index contributed by atoms with van der Waals surface area (Å²) in [7, 11) is 0. The lowest BCUT2D eigenvalue weighted by molar-refractivity contribution is -0.135. The molecule has 0 spiro atoms. The minimum absolute atomic E-state index is 0.0386. The van der Waals surface area contributed by atoms with Crippen molar-refractivity contribution in [2.75, 3.05) is 0 Å². The highest BCUT2D eigenvalue weighted by atomic mass is 16.3. The van der Waals surface area contributed by atoms with Gasteiger partial charge in [-0.3, -0.25) is 4.79 Å². The van der Waals surface area contributed by atoms with E-state index in [9.17, 15) is 9.90 Å². The SMILES string of the molecule is C=C(C)[C@H]1CC[C@@H]2C(C)=CC(=O)[C@]12O. The second-order valence-electron chi connectivity index (χ2n) is 4.61. The fourth-order valence-corrected chi connectivity index (χ4v) is 2.98. The molecule has 76 valence electrons. The number of hydrogen-bond acceptors (Lipinski definition) is 2. The normalized spacial score (nSPS) is 41.1. The van der Waals surface area contributed by atoms with Crippen LogP contribution in [0.1, 0.15) is 26.7 Å². The molecule has 0 radical (unpaired) electrons. The van der Waals surface area contributed by atoms with Crippen LogP contribution in [0.15, 0.2) is 23.8 Å². The fourth-order valence-electron chi connectivity index (χ4n) is 2.98. The van der Waals surface area contributed by atoms with Crippen LogP contribution in [0, 0.1) is 11.8 Å². The first-order valence-corrected chi connectivity index (χ1v) is 5.08. The Balaban J connectivity index is 2.42. The first-order valence-electron chi connectivity index (χ1n) is 5.08. The van der Waals surface area contributed by atoms with Gasteiger partial charge in [0, 0.05) is 11.8 Å². The van der Waals surface area contributed by atoms with E-state index in [0.29, 0.717) is 0 Å². The molecule has 14 heavy (non-hydrogen) atoms. The van der Waals surface area contributed by atoms with Gasteiger partial charge in [0.25, 0.3) is 0 Å². The Morgan fingerprint density at radius 1 is 1.64 bits per heavy atom. The van der Waals surface area contributed by atoms with Gasteiger partial charge in [-0.15, -0.1) is 0 Å². The molecule has 0 aliphatic heterocycles. The molecule has 1 saturated carbocycles. The molecule has 0 bridgehead atoms. The summed E-state index contributed by atoms with van der Waals surface area (Å²) in [5.41, 5.74) is 0.795. The first-order chi connectivity index (χ1) is 6.48. The number of carbonyl (C=O) groups is 1. The molecule has 3 atom stereocenters. The minimum Gasteiger partial charge on any atom is -0.380 e. The summed E-state index contributed by atoms with van der Waals surface area (Å²) >= 11 is 0. The van der Waals surface area contributed by atoms with Crippen LogP contribution in [0.3, 0.4) is 0 Å². The molecule has 0 aromatic heterocycles. The van der Waals surface area contributed by atoms with E-state index in [0.717, 1.165) is 24.0 Å². The molecule has 2 aliphatic carbocycles. The summed E-state index contributed by atoms with van der Waals surface area (Å²) in [6.45, 7) is 7.69. The standard InChI is InChI=1S/C12H16O2/c1-7(2)9-4-5-10-8(3)6-11(13)12(9,10)14/h6,9-10,14H,1,4-5H2,2-3H3/t9-,10-,12+/m1/s1. The largest absolute Gasteiger partial charge is 0.380 e. The lowest BCUT2D eigenvalue weighted by Gasteiger charge is -2.29. The highest BCUT2D eigenvalue weighted by Gasteiger charge is 2.57. The van der Waals surface area contributed by atoms with Crippen molar-refractivity contribution >= 4 is 5.78 Å². The lowest BCUT2D eigenvalue weighted by atomic mass is 9.80. The number of hydrogen-bond donors (Lipinski definition) is 1. The molecule has 0 heterocycles. The number of rotatable bonds is 1. The molecule has 1 N–H and O–H groups in total. The van der Waals surface area contributed by atoms with Crippen molar-refractivity contribution in [3.8, 4) is 0 Å². The summed E-state index contributed by atoms with van der Waals surface area (Å²) in [6.07, 6.45) is 3.38. The van der Waals surface area contributed by atoms with Gasteiger partial charge < -0.3 is 5.11 Å². The second kappa shape index (κ2) is 2.80. The van der Waals surface area contributed by atoms with Gasteiger partial charge in [-0.1, -0.05) is 17.7 Å². The highest BCUT2D eigenvalue weighted by molar-refractivity contribution is 6.01. The van der Waals surface area contributed by atoms with Crippen molar-refractivity contribution in [1.29, 1.82) is 0 Å². The Morgan fingerprint density at radius 2 is 2.29 bits per heavy atom. The highest BCUT2D eigenvalue weighted by Crippen LogP contribution is 2.50. The maximum atomic E-state index is 11.7. The Morgan fingerprint density at radius 3 is 2.86 bits per heavy atom. The maximum absolute atomic E-state index is 11.7. The molecular weight excluding hydrogens is 176 g/mol. The quantitative estimate of drug-likeness (QED) is 0.644. The van der Waals surface area contributed by atoms with Crippen LogP contribution in [-0.2, 0) is 4.79 Å². The lowest BCUT2D eigenvalue weighted by Crippen LogP contribution is -2.44. The molecule has 0 amide bonds. The summed E-state index contributed by atoms with van der Waals surface area (Å²) in [6, 6.07) is 0. The molecule has 0 unspecified atom stereocenters. The Kier molecular flexibility index (Phi) is 1.93. The third-order valence-corrected chi connectivity index (χ3v) is 3.70. The average Bonchev–Trinajstić information content (AvgIpc) is 2.51. The van der Waals surface area contributed by atoms with Crippen molar-refractivity contribution in [2.45, 2.75) is 32.3 Å². The van der Waals surface area contributed by atoms with Crippen LogP contribution in [0.4, 0.5) is 0 Å². The monoisotopic (exact) mass is 192 g/mol. The fraction of sp³-hybridized carbons (Fsp3) is 0.583. The van der Waals surface area contributed by atoms with Gasteiger partial charge in [0.15, 0.2) is 5.78 Å². The second-order valence-corrected chi connectivity index (χ2v) is 4.61. The van der Waals surface area contributed by atoms with E-state index in [1.54, 1.807) is 6.08 Å². The van der Waals surface area contributed by atoms with Gasteiger partial charge in [-0.25, -0.2) is 0 Å². The molecule has 2 heteroatoms. The van der Waals surface area contributed by atoms with Crippen molar-refractivity contribution in [2.24, 2.45) is 11.8 Å². The molecule has 0 aromatic rings. The number of ketones is 1. The Bertz CT molecular complexity index is 340. The summed E-state index contributed by atoms with van der Waals surface area (Å²) < 4.78 is 0. The van der Waals surface area contributed by atoms with Crippen molar-refractivity contribution < 1.29 is 9.90 Å². The van der Waals surface area contributed by atoms with Crippen molar-refractivity contribution in [3.63, 3.8) is 0 Å². The van der Waals surface area contributed by atoms with Crippen LogP contribution < -0.4 is 0 Å². The van der Waals surface area contributed by atoms with E-state index >= 15 is 0 Å². The molecule has 2 aliphatic rings. The van der Waals surface area contributed by atoms with Gasteiger partial charge in [0.1, 0.15) is 5.60 Å². The maximum Gasteiger partial charge on any atom is 0.188 e. The molecule has 0 aromatic carbocycles. The predicted molar refractivity (Wildman–Crippen MR) is 54.7 cm³/mol. The zero-order valence-electron chi connectivity index (χ0n) is 8.71. The summed E-state index contributed by atoms with van der Waals surface area (Å²) in [5, 5.41) is 10.4. The van der Waals surface area contributed by atoms with Gasteiger partial charge in [-0.2, -0.15) is 0 Å². The molecular formula is C12H16O2. The summed E-state index contributed by atoms with van der Waals surface area (Å²) in [4.78, 5) is 11.7. The van der Waals surface area contributed by atoms with E-state index in [4.69, 9.17) is 0 Å². The van der Waals surface area contributed by atoms with E-state index in [1.165, 1.54) is 0 Å². The predicted octanol–water partition coefficient (Wildman–Crippen LogP) is 1.85. The Labute approximate surface area is 84.3 Å². The number of fused-ring (bicyclic) bond motifs is 1. The van der Waals surface area contributed by atoms with E-state index < -0.39 is 5.60 Å². The minimum atomic E-state index is -1.16. The van der Waals surface area contributed by atoms with Crippen LogP contribution in [0.2, 0.25) is 0 Å². The van der Waals surface area contributed by atoms with Gasteiger partial charge in [0.2, 0.25) is 0 Å². The average molecular weight is 192 g/mol. The molecule has 2 rings (SSSR count). The zero-order chi connectivity index (χ0) is 10.5. The third kappa shape index (κ3) is 0.976. The first kappa shape index (κ1) is 9.66. The van der Waals surface area contributed by atoms with Gasteiger partial charge in [0.05, 0.1) is 0 Å². The molecule has 1 fully saturated rings. The van der Waals surface area contributed by atoms with Gasteiger partial charge in [-0.05, 0) is 32.8 Å². The van der Waals surface area contributed by atoms with E-state index in [-0.39, 0.29) is 17.6 Å². The Hall–Kier alpha value is -0.890. The summed E-state index contributed by atoms with van der Waals surface area (Å²) in [5.74, 6) is -0.129. The van der Waals surface area contributed by atoms with E-state index in [1.807, 2.05) is 13.8 Å². The number of carbonyl (C=O) groups excluding carboxylic acids is 1. The van der Waals surface area contributed by atoms with Gasteiger partial charge >= 0.3 is 0 Å². The van der Waals surface area contributed by atoms with Crippen molar-refractivity contribution in [3.05, 3.63) is 23.8 Å². The zero-order valence-corrected chi connectivity index (χ0v) is 8.71. The van der Waals surface area contributed by atoms with E-state index in [2.05, 4.69) is 6.58 Å². The van der Waals surface area contributed by atoms with Crippen LogP contribution in [0.25, 0.3) is 0 Å². The topological polar surface area (TPSA) is 37.3 Å². The van der Waals surface area contributed by atoms with Crippen LogP contribution in [0.5, 0.6) is 0 Å². The third-order valence-electron chi connectivity index (χ3n) is 3.70. The van der Waals surface area contributed by atoms with Crippen LogP contribution >= 0.6 is 0 Å². The number of aliphatic hydroxyl groups is 1. The van der Waals surface area contributed by atoms with Crippen molar-refractivity contribution in [1.82, 2.24) is 0 Å². The molecule has 2 nitrogen and oxygen atoms in total. The smallest absolute Gasteiger partial charge is 0.188 e.